The molecular weight excluding hydrogens is 281 g/mol. The van der Waals surface area contributed by atoms with Crippen molar-refractivity contribution in [3.05, 3.63) is 32.1 Å². The third-order valence-electron chi connectivity index (χ3n) is 1.30. The monoisotopic (exact) mass is 286 g/mol. The van der Waals surface area contributed by atoms with E-state index in [1.807, 2.05) is 22.6 Å². The lowest BCUT2D eigenvalue weighted by Crippen LogP contribution is -1.94. The van der Waals surface area contributed by atoms with Gasteiger partial charge in [-0.15, -0.1) is 0 Å². The lowest BCUT2D eigenvalue weighted by Gasteiger charge is -2.03. The third-order valence-corrected chi connectivity index (χ3v) is 3.16. The van der Waals surface area contributed by atoms with Gasteiger partial charge in [0.25, 0.3) is 0 Å². The molecule has 1 rings (SSSR count). The molecule has 0 fully saturated rings. The Morgan fingerprint density at radius 1 is 1.55 bits per heavy atom. The Kier molecular flexibility index (Phi) is 3.09. The molecule has 0 amide bonds. The average Bonchev–Trinajstić information content (AvgIpc) is 1.99. The van der Waals surface area contributed by atoms with Crippen molar-refractivity contribution in [3.8, 4) is 0 Å². The Labute approximate surface area is 82.3 Å². The third kappa shape index (κ3) is 1.83. The smallest absolute Gasteiger partial charge is 0.129 e. The van der Waals surface area contributed by atoms with Crippen LogP contribution in [-0.2, 0) is 6.61 Å². The van der Waals surface area contributed by atoms with E-state index in [1.54, 1.807) is 0 Å². The molecule has 1 aromatic rings. The molecular formula is C7H5ClFIO. The molecule has 0 heterocycles. The molecule has 1 aromatic carbocycles. The number of benzene rings is 1. The van der Waals surface area contributed by atoms with Crippen molar-refractivity contribution >= 4 is 34.2 Å². The number of hydrogen-bond acceptors (Lipinski definition) is 1. The summed E-state index contributed by atoms with van der Waals surface area (Å²) in [5.74, 6) is -0.415. The van der Waals surface area contributed by atoms with Gasteiger partial charge in [0, 0.05) is 9.13 Å². The fourth-order valence-corrected chi connectivity index (χ4v) is 1.50. The molecule has 0 radical (unpaired) electrons. The van der Waals surface area contributed by atoms with Gasteiger partial charge < -0.3 is 5.11 Å². The Morgan fingerprint density at radius 3 is 2.64 bits per heavy atom. The van der Waals surface area contributed by atoms with E-state index in [4.69, 9.17) is 16.7 Å². The summed E-state index contributed by atoms with van der Waals surface area (Å²) in [5.41, 5.74) is 0.262. The highest BCUT2D eigenvalue weighted by Gasteiger charge is 2.08. The molecule has 0 atom stereocenters. The highest BCUT2D eigenvalue weighted by Crippen LogP contribution is 2.24. The lowest BCUT2D eigenvalue weighted by atomic mass is 10.2. The molecule has 11 heavy (non-hydrogen) atoms. The predicted octanol–water partition coefficient (Wildman–Crippen LogP) is 2.58. The molecule has 0 aliphatic rings. The van der Waals surface area contributed by atoms with Crippen LogP contribution in [0.5, 0.6) is 0 Å². The average molecular weight is 286 g/mol. The second kappa shape index (κ2) is 3.69. The van der Waals surface area contributed by atoms with Gasteiger partial charge in [0.05, 0.1) is 11.6 Å². The van der Waals surface area contributed by atoms with E-state index in [0.717, 1.165) is 0 Å². The number of aliphatic hydroxyl groups is 1. The quantitative estimate of drug-likeness (QED) is 0.621. The molecule has 1 nitrogen and oxygen atoms in total. The van der Waals surface area contributed by atoms with E-state index in [-0.39, 0.29) is 12.2 Å². The van der Waals surface area contributed by atoms with E-state index in [1.165, 1.54) is 12.1 Å². The number of hydrogen-bond donors (Lipinski definition) is 1. The molecule has 0 saturated carbocycles. The van der Waals surface area contributed by atoms with E-state index < -0.39 is 5.82 Å². The van der Waals surface area contributed by atoms with Gasteiger partial charge in [-0.3, -0.25) is 0 Å². The molecule has 0 aromatic heterocycles. The van der Waals surface area contributed by atoms with Crippen molar-refractivity contribution in [3.63, 3.8) is 0 Å². The summed E-state index contributed by atoms with van der Waals surface area (Å²) in [6.07, 6.45) is 0. The van der Waals surface area contributed by atoms with Crippen LogP contribution in [0.2, 0.25) is 5.02 Å². The van der Waals surface area contributed by atoms with Crippen LogP contribution in [0.3, 0.4) is 0 Å². The van der Waals surface area contributed by atoms with Gasteiger partial charge in [0.2, 0.25) is 0 Å². The second-order valence-corrected chi connectivity index (χ2v) is 3.47. The van der Waals surface area contributed by atoms with Crippen LogP contribution in [0.1, 0.15) is 5.56 Å². The molecule has 0 unspecified atom stereocenters. The number of aliphatic hydroxyl groups excluding tert-OH is 1. The normalized spacial score (nSPS) is 10.2. The molecule has 0 spiro atoms. The largest absolute Gasteiger partial charge is 0.392 e. The Balaban J connectivity index is 3.29. The van der Waals surface area contributed by atoms with Crippen LogP contribution in [0.25, 0.3) is 0 Å². The van der Waals surface area contributed by atoms with Gasteiger partial charge in [-0.2, -0.15) is 0 Å². The number of rotatable bonds is 1. The van der Waals surface area contributed by atoms with Crippen molar-refractivity contribution in [2.24, 2.45) is 0 Å². The van der Waals surface area contributed by atoms with Crippen molar-refractivity contribution in [1.29, 1.82) is 0 Å². The first-order chi connectivity index (χ1) is 5.16. The summed E-state index contributed by atoms with van der Waals surface area (Å²) < 4.78 is 13.4. The van der Waals surface area contributed by atoms with Crippen LogP contribution in [0.15, 0.2) is 12.1 Å². The summed E-state index contributed by atoms with van der Waals surface area (Å²) >= 11 is 7.58. The predicted molar refractivity (Wildman–Crippen MR) is 50.0 cm³/mol. The second-order valence-electron chi connectivity index (χ2n) is 1.98. The van der Waals surface area contributed by atoms with Gasteiger partial charge in [0.1, 0.15) is 5.82 Å². The molecule has 0 saturated heterocycles. The highest BCUT2D eigenvalue weighted by atomic mass is 127. The number of halogens is 3. The molecule has 0 aliphatic heterocycles. The standard InChI is InChI=1S/C7H5ClFIO/c8-5-1-2-6(9)4(3-11)7(5)10/h1-2,11H,3H2. The van der Waals surface area contributed by atoms with Gasteiger partial charge in [-0.25, -0.2) is 4.39 Å². The van der Waals surface area contributed by atoms with Crippen molar-refractivity contribution < 1.29 is 9.50 Å². The molecule has 4 heteroatoms. The van der Waals surface area contributed by atoms with Crippen LogP contribution < -0.4 is 0 Å². The summed E-state index contributed by atoms with van der Waals surface area (Å²) in [5, 5.41) is 9.19. The topological polar surface area (TPSA) is 20.2 Å². The minimum Gasteiger partial charge on any atom is -0.392 e. The maximum atomic E-state index is 12.8. The Bertz CT molecular complexity index is 277. The van der Waals surface area contributed by atoms with E-state index in [0.29, 0.717) is 8.59 Å². The van der Waals surface area contributed by atoms with Crippen molar-refractivity contribution in [2.75, 3.05) is 0 Å². The molecule has 0 aliphatic carbocycles. The Morgan fingerprint density at radius 2 is 2.18 bits per heavy atom. The minimum absolute atomic E-state index is 0.262. The van der Waals surface area contributed by atoms with Crippen molar-refractivity contribution in [1.82, 2.24) is 0 Å². The zero-order valence-corrected chi connectivity index (χ0v) is 8.36. The van der Waals surface area contributed by atoms with Crippen LogP contribution in [-0.4, -0.2) is 5.11 Å². The Hall–Kier alpha value is 0.130. The molecule has 0 bridgehead atoms. The van der Waals surface area contributed by atoms with Gasteiger partial charge >= 0.3 is 0 Å². The zero-order chi connectivity index (χ0) is 8.43. The first-order valence-corrected chi connectivity index (χ1v) is 4.35. The van der Waals surface area contributed by atoms with E-state index >= 15 is 0 Å². The van der Waals surface area contributed by atoms with Crippen LogP contribution in [0.4, 0.5) is 4.39 Å². The fourth-order valence-electron chi connectivity index (χ4n) is 0.714. The van der Waals surface area contributed by atoms with E-state index in [9.17, 15) is 4.39 Å². The molecule has 60 valence electrons. The zero-order valence-electron chi connectivity index (χ0n) is 5.44. The first kappa shape index (κ1) is 9.22. The highest BCUT2D eigenvalue weighted by molar-refractivity contribution is 14.1. The van der Waals surface area contributed by atoms with E-state index in [2.05, 4.69) is 0 Å². The molecule has 1 N–H and O–H groups in total. The maximum absolute atomic E-state index is 12.8. The lowest BCUT2D eigenvalue weighted by molar-refractivity contribution is 0.275. The summed E-state index contributed by atoms with van der Waals surface area (Å²) in [4.78, 5) is 0. The summed E-state index contributed by atoms with van der Waals surface area (Å²) in [6, 6.07) is 2.72. The van der Waals surface area contributed by atoms with Gasteiger partial charge in [-0.1, -0.05) is 11.6 Å². The van der Waals surface area contributed by atoms with Crippen LogP contribution >= 0.6 is 34.2 Å². The summed E-state index contributed by atoms with van der Waals surface area (Å²) in [6.45, 7) is -0.315. The SMILES string of the molecule is OCc1c(F)ccc(Cl)c1I. The minimum atomic E-state index is -0.415. The van der Waals surface area contributed by atoms with Gasteiger partial charge in [-0.05, 0) is 34.7 Å². The first-order valence-electron chi connectivity index (χ1n) is 2.90. The van der Waals surface area contributed by atoms with Crippen molar-refractivity contribution in [2.45, 2.75) is 6.61 Å². The fraction of sp³-hybridized carbons (Fsp3) is 0.143. The van der Waals surface area contributed by atoms with Crippen LogP contribution in [0, 0.1) is 9.39 Å². The van der Waals surface area contributed by atoms with Gasteiger partial charge in [0.15, 0.2) is 0 Å². The maximum Gasteiger partial charge on any atom is 0.129 e. The summed E-state index contributed by atoms with van der Waals surface area (Å²) in [7, 11) is 0.